The van der Waals surface area contributed by atoms with E-state index in [1.807, 2.05) is 18.2 Å². The van der Waals surface area contributed by atoms with E-state index in [-0.39, 0.29) is 5.91 Å². The Morgan fingerprint density at radius 2 is 2.10 bits per heavy atom. The minimum atomic E-state index is -0.422. The van der Waals surface area contributed by atoms with Crippen LogP contribution in [-0.2, 0) is 13.0 Å². The predicted octanol–water partition coefficient (Wildman–Crippen LogP) is 3.37. The lowest BCUT2D eigenvalue weighted by atomic mass is 9.97. The average Bonchev–Trinajstić information content (AvgIpc) is 2.45. The Morgan fingerprint density at radius 1 is 1.29 bits per heavy atom. The smallest absolute Gasteiger partial charge is 0.254 e. The van der Waals surface area contributed by atoms with Crippen molar-refractivity contribution in [3.05, 3.63) is 63.4 Å². The number of benzene rings is 2. The Morgan fingerprint density at radius 3 is 2.86 bits per heavy atom. The maximum atomic E-state index is 13.4. The number of hydrogen-bond donors (Lipinski definition) is 1. The molecule has 5 heteroatoms. The average molecular weight is 349 g/mol. The molecule has 0 saturated carbocycles. The third-order valence-corrected chi connectivity index (χ3v) is 4.16. The van der Waals surface area contributed by atoms with Crippen molar-refractivity contribution in [3.8, 4) is 0 Å². The zero-order chi connectivity index (χ0) is 15.0. The van der Waals surface area contributed by atoms with E-state index in [1.54, 1.807) is 11.0 Å². The first-order chi connectivity index (χ1) is 10.0. The molecule has 0 aromatic heterocycles. The van der Waals surface area contributed by atoms with Gasteiger partial charge in [-0.05, 0) is 41.8 Å². The van der Waals surface area contributed by atoms with Gasteiger partial charge in [-0.1, -0.05) is 28.1 Å². The molecule has 0 fully saturated rings. The zero-order valence-corrected chi connectivity index (χ0v) is 12.9. The van der Waals surface area contributed by atoms with Crippen LogP contribution >= 0.6 is 15.9 Å². The van der Waals surface area contributed by atoms with Crippen LogP contribution in [0.4, 0.5) is 10.1 Å². The number of rotatable bonds is 1. The highest BCUT2D eigenvalue weighted by molar-refractivity contribution is 9.10. The third-order valence-electron chi connectivity index (χ3n) is 3.70. The standard InChI is InChI=1S/C16H14BrFN2O/c17-12-6-11(7-13(18)8-12)16(21)20-5-4-14-10(9-20)2-1-3-15(14)19/h1-3,6-8H,4-5,9,19H2. The molecule has 108 valence electrons. The van der Waals surface area contributed by atoms with E-state index in [9.17, 15) is 9.18 Å². The first kappa shape index (κ1) is 14.1. The van der Waals surface area contributed by atoms with Gasteiger partial charge < -0.3 is 10.6 Å². The summed E-state index contributed by atoms with van der Waals surface area (Å²) in [6.07, 6.45) is 0.726. The molecule has 0 radical (unpaired) electrons. The summed E-state index contributed by atoms with van der Waals surface area (Å²) in [4.78, 5) is 14.2. The highest BCUT2D eigenvalue weighted by Gasteiger charge is 2.23. The van der Waals surface area contributed by atoms with Crippen molar-refractivity contribution < 1.29 is 9.18 Å². The summed E-state index contributed by atoms with van der Waals surface area (Å²) >= 11 is 3.21. The molecule has 0 unspecified atom stereocenters. The Bertz CT molecular complexity index is 697. The molecule has 21 heavy (non-hydrogen) atoms. The molecule has 2 aromatic carbocycles. The van der Waals surface area contributed by atoms with Crippen molar-refractivity contribution in [2.45, 2.75) is 13.0 Å². The predicted molar refractivity (Wildman–Crippen MR) is 83.4 cm³/mol. The molecular weight excluding hydrogens is 335 g/mol. The number of nitrogen functional groups attached to an aromatic ring is 1. The number of carbonyl (C=O) groups excluding carboxylic acids is 1. The van der Waals surface area contributed by atoms with Crippen LogP contribution in [0.2, 0.25) is 0 Å². The fourth-order valence-corrected chi connectivity index (χ4v) is 3.14. The maximum absolute atomic E-state index is 13.4. The molecule has 3 nitrogen and oxygen atoms in total. The number of anilines is 1. The summed E-state index contributed by atoms with van der Waals surface area (Å²) in [6.45, 7) is 1.10. The highest BCUT2D eigenvalue weighted by atomic mass is 79.9. The van der Waals surface area contributed by atoms with Gasteiger partial charge in [0.1, 0.15) is 5.82 Å². The lowest BCUT2D eigenvalue weighted by Gasteiger charge is -2.29. The monoisotopic (exact) mass is 348 g/mol. The Labute approximate surface area is 130 Å². The maximum Gasteiger partial charge on any atom is 0.254 e. The fourth-order valence-electron chi connectivity index (χ4n) is 2.67. The number of nitrogens with two attached hydrogens (primary N) is 1. The molecule has 1 aliphatic heterocycles. The van der Waals surface area contributed by atoms with E-state index < -0.39 is 5.82 Å². The minimum absolute atomic E-state index is 0.164. The van der Waals surface area contributed by atoms with Crippen molar-refractivity contribution in [2.75, 3.05) is 12.3 Å². The largest absolute Gasteiger partial charge is 0.398 e. The van der Waals surface area contributed by atoms with Crippen molar-refractivity contribution in [1.82, 2.24) is 4.90 Å². The lowest BCUT2D eigenvalue weighted by molar-refractivity contribution is 0.0734. The minimum Gasteiger partial charge on any atom is -0.398 e. The molecule has 0 bridgehead atoms. The Hall–Kier alpha value is -1.88. The quantitative estimate of drug-likeness (QED) is 0.803. The molecule has 1 aliphatic rings. The topological polar surface area (TPSA) is 46.3 Å². The van der Waals surface area contributed by atoms with Crippen molar-refractivity contribution in [1.29, 1.82) is 0 Å². The number of fused-ring (bicyclic) bond motifs is 1. The van der Waals surface area contributed by atoms with Gasteiger partial charge in [-0.3, -0.25) is 4.79 Å². The van der Waals surface area contributed by atoms with Crippen LogP contribution < -0.4 is 5.73 Å². The van der Waals surface area contributed by atoms with Crippen molar-refractivity contribution in [3.63, 3.8) is 0 Å². The van der Waals surface area contributed by atoms with Crippen LogP contribution in [0.3, 0.4) is 0 Å². The molecule has 1 amide bonds. The molecule has 0 saturated heterocycles. The molecule has 0 aliphatic carbocycles. The summed E-state index contributed by atoms with van der Waals surface area (Å²) < 4.78 is 14.0. The second kappa shape index (κ2) is 5.48. The Balaban J connectivity index is 1.87. The van der Waals surface area contributed by atoms with Gasteiger partial charge in [0.05, 0.1) is 0 Å². The van der Waals surface area contributed by atoms with Gasteiger partial charge >= 0.3 is 0 Å². The van der Waals surface area contributed by atoms with Gasteiger partial charge in [0.2, 0.25) is 0 Å². The molecule has 2 aromatic rings. The first-order valence-corrected chi connectivity index (χ1v) is 7.45. The van der Waals surface area contributed by atoms with Gasteiger partial charge in [0, 0.05) is 28.8 Å². The summed E-state index contributed by atoms with van der Waals surface area (Å²) in [5.41, 5.74) is 9.25. The number of carbonyl (C=O) groups is 1. The van der Waals surface area contributed by atoms with Crippen LogP contribution in [0.1, 0.15) is 21.5 Å². The molecular formula is C16H14BrFN2O. The second-order valence-corrected chi connectivity index (χ2v) is 6.04. The van der Waals surface area contributed by atoms with Gasteiger partial charge in [-0.25, -0.2) is 4.39 Å². The SMILES string of the molecule is Nc1cccc2c1CCN(C(=O)c1cc(F)cc(Br)c1)C2. The number of amides is 1. The first-order valence-electron chi connectivity index (χ1n) is 6.66. The summed E-state index contributed by atoms with van der Waals surface area (Å²) in [5.74, 6) is -0.586. The fraction of sp³-hybridized carbons (Fsp3) is 0.188. The highest BCUT2D eigenvalue weighted by Crippen LogP contribution is 2.25. The molecule has 0 atom stereocenters. The van der Waals surface area contributed by atoms with Crippen LogP contribution in [0.5, 0.6) is 0 Å². The van der Waals surface area contributed by atoms with Crippen LogP contribution in [0.25, 0.3) is 0 Å². The van der Waals surface area contributed by atoms with E-state index in [0.29, 0.717) is 23.1 Å². The molecule has 3 rings (SSSR count). The van der Waals surface area contributed by atoms with Gasteiger partial charge in [0.25, 0.3) is 5.91 Å². The number of nitrogens with zero attached hydrogens (tertiary/aromatic N) is 1. The third kappa shape index (κ3) is 2.78. The van der Waals surface area contributed by atoms with Crippen molar-refractivity contribution >= 4 is 27.5 Å². The van der Waals surface area contributed by atoms with Crippen molar-refractivity contribution in [2.24, 2.45) is 0 Å². The van der Waals surface area contributed by atoms with Crippen LogP contribution in [0.15, 0.2) is 40.9 Å². The molecule has 0 spiro atoms. The summed E-state index contributed by atoms with van der Waals surface area (Å²) in [5, 5.41) is 0. The summed E-state index contributed by atoms with van der Waals surface area (Å²) in [6, 6.07) is 9.98. The van der Waals surface area contributed by atoms with Gasteiger partial charge in [-0.2, -0.15) is 0 Å². The molecule has 2 N–H and O–H groups in total. The van der Waals surface area contributed by atoms with Crippen LogP contribution in [-0.4, -0.2) is 17.4 Å². The second-order valence-electron chi connectivity index (χ2n) is 5.12. The van der Waals surface area contributed by atoms with E-state index >= 15 is 0 Å². The normalized spacial score (nSPS) is 13.9. The zero-order valence-electron chi connectivity index (χ0n) is 11.3. The molecule has 1 heterocycles. The van der Waals surface area contributed by atoms with E-state index in [0.717, 1.165) is 23.2 Å². The van der Waals surface area contributed by atoms with Crippen LogP contribution in [0, 0.1) is 5.82 Å². The van der Waals surface area contributed by atoms with E-state index in [1.165, 1.54) is 12.1 Å². The number of hydrogen-bond acceptors (Lipinski definition) is 2. The lowest BCUT2D eigenvalue weighted by Crippen LogP contribution is -2.36. The number of halogens is 2. The van der Waals surface area contributed by atoms with E-state index in [4.69, 9.17) is 5.73 Å². The van der Waals surface area contributed by atoms with Gasteiger partial charge in [0.15, 0.2) is 0 Å². The Kier molecular flexibility index (Phi) is 3.68. The summed E-state index contributed by atoms with van der Waals surface area (Å²) in [7, 11) is 0. The van der Waals surface area contributed by atoms with Gasteiger partial charge in [-0.15, -0.1) is 0 Å². The van der Waals surface area contributed by atoms with E-state index in [2.05, 4.69) is 15.9 Å².